The Morgan fingerprint density at radius 1 is 1.56 bits per heavy atom. The fraction of sp³-hybridized carbons (Fsp3) is 0.636. The van der Waals surface area contributed by atoms with Crippen LogP contribution in [0.1, 0.15) is 25.8 Å². The number of hydrogen-bond donors (Lipinski definition) is 1. The molecule has 0 spiro atoms. The fourth-order valence-electron chi connectivity index (χ4n) is 2.17. The van der Waals surface area contributed by atoms with Crippen molar-refractivity contribution >= 4 is 12.2 Å². The first-order valence-electron chi connectivity index (χ1n) is 5.57. The van der Waals surface area contributed by atoms with Gasteiger partial charge in [-0.15, -0.1) is 0 Å². The molecule has 1 fully saturated rings. The third-order valence-corrected chi connectivity index (χ3v) is 3.55. The Balaban J connectivity index is 2.22. The van der Waals surface area contributed by atoms with Crippen LogP contribution >= 0.6 is 12.2 Å². The summed E-state index contributed by atoms with van der Waals surface area (Å²) in [5.41, 5.74) is -0.138. The lowest BCUT2D eigenvalue weighted by Crippen LogP contribution is -2.25. The molecule has 1 N–H and O–H groups in total. The van der Waals surface area contributed by atoms with Crippen LogP contribution in [0.2, 0.25) is 0 Å². The molecule has 0 amide bonds. The molecule has 2 heterocycles. The number of rotatable bonds is 2. The van der Waals surface area contributed by atoms with Gasteiger partial charge < -0.3 is 9.30 Å². The van der Waals surface area contributed by atoms with E-state index in [0.29, 0.717) is 16.7 Å². The van der Waals surface area contributed by atoms with Crippen LogP contribution in [0.4, 0.5) is 0 Å². The van der Waals surface area contributed by atoms with Crippen molar-refractivity contribution in [1.82, 2.24) is 9.55 Å². The quantitative estimate of drug-likeness (QED) is 0.803. The maximum Gasteiger partial charge on any atom is 0.251 e. The monoisotopic (exact) mass is 240 g/mol. The standard InChI is InChI=1S/C11H16N2O2S/c1-8(9-3-6-15-7-4-9)13-5-2-10(14)12-11(13)16/h2,5,8-9H,3-4,6-7H2,1H3,(H,12,14,16). The van der Waals surface area contributed by atoms with E-state index in [-0.39, 0.29) is 5.56 Å². The van der Waals surface area contributed by atoms with Gasteiger partial charge in [0.25, 0.3) is 5.56 Å². The van der Waals surface area contributed by atoms with Crippen LogP contribution in [0.15, 0.2) is 17.1 Å². The summed E-state index contributed by atoms with van der Waals surface area (Å²) in [6, 6.07) is 1.83. The first kappa shape index (κ1) is 11.5. The van der Waals surface area contributed by atoms with E-state index in [1.54, 1.807) is 6.20 Å². The second-order valence-electron chi connectivity index (χ2n) is 4.21. The summed E-state index contributed by atoms with van der Waals surface area (Å²) in [7, 11) is 0. The lowest BCUT2D eigenvalue weighted by atomic mass is 9.93. The third kappa shape index (κ3) is 2.41. The molecule has 0 saturated carbocycles. The predicted octanol–water partition coefficient (Wildman–Crippen LogP) is 1.89. The number of aromatic amines is 1. The van der Waals surface area contributed by atoms with Crippen molar-refractivity contribution < 1.29 is 4.74 Å². The van der Waals surface area contributed by atoms with Crippen LogP contribution < -0.4 is 5.56 Å². The van der Waals surface area contributed by atoms with E-state index in [2.05, 4.69) is 11.9 Å². The summed E-state index contributed by atoms with van der Waals surface area (Å²) in [5.74, 6) is 0.575. The summed E-state index contributed by atoms with van der Waals surface area (Å²) in [4.78, 5) is 13.7. The van der Waals surface area contributed by atoms with Crippen molar-refractivity contribution in [3.8, 4) is 0 Å². The fourth-order valence-corrected chi connectivity index (χ4v) is 2.50. The van der Waals surface area contributed by atoms with Crippen molar-refractivity contribution in [2.45, 2.75) is 25.8 Å². The summed E-state index contributed by atoms with van der Waals surface area (Å²) in [6.45, 7) is 3.79. The molecule has 0 aromatic carbocycles. The zero-order valence-corrected chi connectivity index (χ0v) is 10.1. The highest BCUT2D eigenvalue weighted by Gasteiger charge is 2.21. The molecule has 0 aliphatic carbocycles. The van der Waals surface area contributed by atoms with Gasteiger partial charge in [-0.3, -0.25) is 9.78 Å². The van der Waals surface area contributed by atoms with E-state index in [1.165, 1.54) is 6.07 Å². The largest absolute Gasteiger partial charge is 0.381 e. The van der Waals surface area contributed by atoms with Gasteiger partial charge in [-0.05, 0) is 37.9 Å². The Hall–Kier alpha value is -0.940. The molecular weight excluding hydrogens is 224 g/mol. The summed E-state index contributed by atoms with van der Waals surface area (Å²) in [5, 5.41) is 0. The number of nitrogens with one attached hydrogen (secondary N) is 1. The highest BCUT2D eigenvalue weighted by molar-refractivity contribution is 7.71. The van der Waals surface area contributed by atoms with Crippen LogP contribution in [0.3, 0.4) is 0 Å². The molecule has 1 aliphatic rings. The molecular formula is C11H16N2O2S. The van der Waals surface area contributed by atoms with Gasteiger partial charge in [0.1, 0.15) is 0 Å². The van der Waals surface area contributed by atoms with Crippen LogP contribution in [0.25, 0.3) is 0 Å². The number of nitrogens with zero attached hydrogens (tertiary/aromatic N) is 1. The van der Waals surface area contributed by atoms with E-state index >= 15 is 0 Å². The van der Waals surface area contributed by atoms with Crippen molar-refractivity contribution in [2.75, 3.05) is 13.2 Å². The first-order valence-corrected chi connectivity index (χ1v) is 5.98. The zero-order chi connectivity index (χ0) is 11.5. The minimum absolute atomic E-state index is 0.138. The maximum atomic E-state index is 11.1. The van der Waals surface area contributed by atoms with Gasteiger partial charge in [-0.25, -0.2) is 0 Å². The Kier molecular flexibility index (Phi) is 3.56. The average molecular weight is 240 g/mol. The lowest BCUT2D eigenvalue weighted by Gasteiger charge is -2.29. The third-order valence-electron chi connectivity index (χ3n) is 3.24. The van der Waals surface area contributed by atoms with Gasteiger partial charge in [0.05, 0.1) is 0 Å². The van der Waals surface area contributed by atoms with Crippen LogP contribution in [0, 0.1) is 10.7 Å². The molecule has 88 valence electrons. The molecule has 2 rings (SSSR count). The second-order valence-corrected chi connectivity index (χ2v) is 4.59. The molecule has 0 bridgehead atoms. The first-order chi connectivity index (χ1) is 7.68. The Bertz CT molecular complexity index is 460. The zero-order valence-electron chi connectivity index (χ0n) is 9.31. The number of ether oxygens (including phenoxy) is 1. The van der Waals surface area contributed by atoms with E-state index in [4.69, 9.17) is 17.0 Å². The Morgan fingerprint density at radius 2 is 2.25 bits per heavy atom. The smallest absolute Gasteiger partial charge is 0.251 e. The molecule has 16 heavy (non-hydrogen) atoms. The van der Waals surface area contributed by atoms with Gasteiger partial charge in [-0.2, -0.15) is 0 Å². The molecule has 4 nitrogen and oxygen atoms in total. The van der Waals surface area contributed by atoms with Gasteiger partial charge in [0.15, 0.2) is 4.77 Å². The number of aromatic nitrogens is 2. The average Bonchev–Trinajstić information content (AvgIpc) is 2.29. The van der Waals surface area contributed by atoms with E-state index in [1.807, 2.05) is 4.57 Å². The predicted molar refractivity (Wildman–Crippen MR) is 64.1 cm³/mol. The van der Waals surface area contributed by atoms with E-state index in [9.17, 15) is 4.79 Å². The number of hydrogen-bond acceptors (Lipinski definition) is 3. The minimum atomic E-state index is -0.138. The highest BCUT2D eigenvalue weighted by atomic mass is 32.1. The van der Waals surface area contributed by atoms with Crippen LogP contribution in [-0.4, -0.2) is 22.8 Å². The second kappa shape index (κ2) is 4.93. The van der Waals surface area contributed by atoms with Crippen molar-refractivity contribution in [2.24, 2.45) is 5.92 Å². The minimum Gasteiger partial charge on any atom is -0.381 e. The molecule has 5 heteroatoms. The molecule has 1 aliphatic heterocycles. The number of H-pyrrole nitrogens is 1. The normalized spacial score (nSPS) is 19.6. The van der Waals surface area contributed by atoms with Gasteiger partial charge in [0, 0.05) is 31.5 Å². The summed E-state index contributed by atoms with van der Waals surface area (Å²) >= 11 is 5.16. The van der Waals surface area contributed by atoms with Crippen molar-refractivity contribution in [3.63, 3.8) is 0 Å². The van der Waals surface area contributed by atoms with Gasteiger partial charge in [-0.1, -0.05) is 0 Å². The van der Waals surface area contributed by atoms with Gasteiger partial charge >= 0.3 is 0 Å². The maximum absolute atomic E-state index is 11.1. The molecule has 1 aromatic rings. The molecule has 0 radical (unpaired) electrons. The van der Waals surface area contributed by atoms with Crippen molar-refractivity contribution in [3.05, 3.63) is 27.4 Å². The molecule has 1 aromatic heterocycles. The van der Waals surface area contributed by atoms with E-state index < -0.39 is 0 Å². The lowest BCUT2D eigenvalue weighted by molar-refractivity contribution is 0.0509. The Morgan fingerprint density at radius 3 is 2.88 bits per heavy atom. The molecule has 1 unspecified atom stereocenters. The Labute approximate surface area is 99.3 Å². The topological polar surface area (TPSA) is 47.0 Å². The van der Waals surface area contributed by atoms with Crippen LogP contribution in [-0.2, 0) is 4.74 Å². The summed E-state index contributed by atoms with van der Waals surface area (Å²) in [6.07, 6.45) is 3.89. The van der Waals surface area contributed by atoms with Crippen LogP contribution in [0.5, 0.6) is 0 Å². The highest BCUT2D eigenvalue weighted by Crippen LogP contribution is 2.26. The molecule has 1 atom stereocenters. The molecule has 1 saturated heterocycles. The van der Waals surface area contributed by atoms with E-state index in [0.717, 1.165) is 26.1 Å². The summed E-state index contributed by atoms with van der Waals surface area (Å²) < 4.78 is 7.81. The SMILES string of the molecule is CC(C1CCOCC1)n1ccc(=O)[nH]c1=S. The van der Waals surface area contributed by atoms with Gasteiger partial charge in [0.2, 0.25) is 0 Å². The van der Waals surface area contributed by atoms with Crippen molar-refractivity contribution in [1.29, 1.82) is 0 Å².